The SMILES string of the molecule is CN1C(C)(C)CC(Nc2nc(Nc3ccc(-c4cnn(C)c4)c(Cl)c3)ncc2F)CC1(C)C. The van der Waals surface area contributed by atoms with Gasteiger partial charge in [0.1, 0.15) is 0 Å². The summed E-state index contributed by atoms with van der Waals surface area (Å²) in [5, 5.41) is 11.2. The molecule has 1 aromatic carbocycles. The number of hydrogen-bond acceptors (Lipinski definition) is 6. The molecule has 1 aliphatic rings. The van der Waals surface area contributed by atoms with Crippen molar-refractivity contribution < 1.29 is 4.39 Å². The Morgan fingerprint density at radius 3 is 2.39 bits per heavy atom. The molecular formula is C24H31ClFN7. The minimum Gasteiger partial charge on any atom is -0.365 e. The molecule has 1 aliphatic heterocycles. The fraction of sp³-hybridized carbons (Fsp3) is 0.458. The van der Waals surface area contributed by atoms with Gasteiger partial charge in [0.05, 0.1) is 17.4 Å². The van der Waals surface area contributed by atoms with Crippen molar-refractivity contribution in [1.82, 2.24) is 24.6 Å². The second-order valence-electron chi connectivity index (χ2n) is 10.0. The van der Waals surface area contributed by atoms with Crippen molar-refractivity contribution in [3.8, 4) is 11.1 Å². The third-order valence-corrected chi connectivity index (χ3v) is 6.95. The second kappa shape index (κ2) is 8.57. The Morgan fingerprint density at radius 2 is 1.79 bits per heavy atom. The molecule has 9 heteroatoms. The Bertz CT molecular complexity index is 1140. The maximum absolute atomic E-state index is 14.6. The van der Waals surface area contributed by atoms with Gasteiger partial charge in [0.2, 0.25) is 5.95 Å². The predicted molar refractivity (Wildman–Crippen MR) is 131 cm³/mol. The molecule has 1 saturated heterocycles. The van der Waals surface area contributed by atoms with Crippen LogP contribution < -0.4 is 10.6 Å². The number of nitrogens with one attached hydrogen (secondary N) is 2. The molecule has 0 amide bonds. The number of rotatable bonds is 5. The third-order valence-electron chi connectivity index (χ3n) is 6.63. The highest BCUT2D eigenvalue weighted by Crippen LogP contribution is 2.38. The van der Waals surface area contributed by atoms with Crippen molar-refractivity contribution in [3.63, 3.8) is 0 Å². The second-order valence-corrected chi connectivity index (χ2v) is 10.5. The zero-order chi connectivity index (χ0) is 24.0. The first-order chi connectivity index (χ1) is 15.4. The summed E-state index contributed by atoms with van der Waals surface area (Å²) in [6.07, 6.45) is 6.62. The van der Waals surface area contributed by atoms with Crippen LogP contribution in [0.1, 0.15) is 40.5 Å². The van der Waals surface area contributed by atoms with Gasteiger partial charge in [0.25, 0.3) is 0 Å². The van der Waals surface area contributed by atoms with Gasteiger partial charge in [0, 0.05) is 47.2 Å². The van der Waals surface area contributed by atoms with Crippen LogP contribution in [0.15, 0.2) is 36.8 Å². The topological polar surface area (TPSA) is 70.9 Å². The van der Waals surface area contributed by atoms with E-state index >= 15 is 0 Å². The maximum atomic E-state index is 14.6. The number of hydrogen-bond donors (Lipinski definition) is 2. The maximum Gasteiger partial charge on any atom is 0.229 e. The zero-order valence-electron chi connectivity index (χ0n) is 19.9. The molecule has 1 fully saturated rings. The summed E-state index contributed by atoms with van der Waals surface area (Å²) in [7, 11) is 4.01. The van der Waals surface area contributed by atoms with Crippen molar-refractivity contribution in [2.24, 2.45) is 7.05 Å². The van der Waals surface area contributed by atoms with Crippen molar-refractivity contribution in [2.75, 3.05) is 17.7 Å². The average Bonchev–Trinajstić information content (AvgIpc) is 3.14. The predicted octanol–water partition coefficient (Wildman–Crippen LogP) is 5.48. The van der Waals surface area contributed by atoms with Crippen LogP contribution in [0.5, 0.6) is 0 Å². The van der Waals surface area contributed by atoms with Gasteiger partial charge in [0.15, 0.2) is 11.6 Å². The summed E-state index contributed by atoms with van der Waals surface area (Å²) in [5.74, 6) is 0.0299. The molecule has 0 aliphatic carbocycles. The molecule has 0 bridgehead atoms. The van der Waals surface area contributed by atoms with Crippen LogP contribution in [-0.2, 0) is 7.05 Å². The first-order valence-electron chi connectivity index (χ1n) is 11.0. The fourth-order valence-electron chi connectivity index (χ4n) is 4.71. The van der Waals surface area contributed by atoms with E-state index in [2.05, 4.69) is 65.3 Å². The van der Waals surface area contributed by atoms with Gasteiger partial charge < -0.3 is 10.6 Å². The molecule has 4 rings (SSSR count). The Morgan fingerprint density at radius 1 is 1.09 bits per heavy atom. The van der Waals surface area contributed by atoms with E-state index in [1.165, 1.54) is 6.20 Å². The Hall–Kier alpha value is -2.71. The molecule has 7 nitrogen and oxygen atoms in total. The summed E-state index contributed by atoms with van der Waals surface area (Å²) in [4.78, 5) is 10.9. The number of likely N-dealkylation sites (tertiary alicyclic amines) is 1. The minimum absolute atomic E-state index is 0.0171. The first-order valence-corrected chi connectivity index (χ1v) is 11.4. The molecule has 0 unspecified atom stereocenters. The summed E-state index contributed by atoms with van der Waals surface area (Å²) >= 11 is 6.50. The largest absolute Gasteiger partial charge is 0.365 e. The molecule has 176 valence electrons. The van der Waals surface area contributed by atoms with E-state index in [0.29, 0.717) is 16.7 Å². The molecule has 2 N–H and O–H groups in total. The van der Waals surface area contributed by atoms with Crippen molar-refractivity contribution in [1.29, 1.82) is 0 Å². The number of nitrogens with zero attached hydrogens (tertiary/aromatic N) is 5. The van der Waals surface area contributed by atoms with E-state index in [9.17, 15) is 4.39 Å². The van der Waals surface area contributed by atoms with E-state index in [1.807, 2.05) is 25.4 Å². The van der Waals surface area contributed by atoms with Gasteiger partial charge in [-0.2, -0.15) is 10.1 Å². The van der Waals surface area contributed by atoms with Crippen LogP contribution in [0.4, 0.5) is 21.8 Å². The molecular weight excluding hydrogens is 441 g/mol. The molecule has 0 saturated carbocycles. The van der Waals surface area contributed by atoms with Gasteiger partial charge in [-0.3, -0.25) is 9.58 Å². The number of aryl methyl sites for hydroxylation is 1. The normalized spacial score (nSPS) is 18.3. The Balaban J connectivity index is 1.51. The van der Waals surface area contributed by atoms with E-state index in [1.54, 1.807) is 16.9 Å². The third kappa shape index (κ3) is 4.96. The lowest BCUT2D eigenvalue weighted by Crippen LogP contribution is -2.61. The van der Waals surface area contributed by atoms with Gasteiger partial charge in [-0.25, -0.2) is 9.37 Å². The number of piperidine rings is 1. The van der Waals surface area contributed by atoms with Gasteiger partial charge >= 0.3 is 0 Å². The summed E-state index contributed by atoms with van der Waals surface area (Å²) < 4.78 is 16.3. The lowest BCUT2D eigenvalue weighted by Gasteiger charge is -2.53. The number of anilines is 3. The highest BCUT2D eigenvalue weighted by Gasteiger charge is 2.43. The van der Waals surface area contributed by atoms with Crippen LogP contribution in [0.25, 0.3) is 11.1 Å². The van der Waals surface area contributed by atoms with Crippen molar-refractivity contribution in [3.05, 3.63) is 47.6 Å². The average molecular weight is 472 g/mol. The number of benzene rings is 1. The monoisotopic (exact) mass is 471 g/mol. The molecule has 0 atom stereocenters. The van der Waals surface area contributed by atoms with E-state index < -0.39 is 5.82 Å². The van der Waals surface area contributed by atoms with E-state index in [4.69, 9.17) is 11.6 Å². The Kier molecular flexibility index (Phi) is 6.09. The fourth-order valence-corrected chi connectivity index (χ4v) is 5.00. The molecule has 33 heavy (non-hydrogen) atoms. The summed E-state index contributed by atoms with van der Waals surface area (Å²) in [6, 6.07) is 5.69. The number of aromatic nitrogens is 4. The number of halogens is 2. The van der Waals surface area contributed by atoms with Crippen LogP contribution in [-0.4, -0.2) is 48.8 Å². The highest BCUT2D eigenvalue weighted by molar-refractivity contribution is 6.33. The molecule has 3 aromatic rings. The summed E-state index contributed by atoms with van der Waals surface area (Å²) in [5.41, 5.74) is 2.49. The van der Waals surface area contributed by atoms with Crippen LogP contribution in [0.2, 0.25) is 5.02 Å². The molecule has 0 spiro atoms. The standard InChI is InChI=1S/C24H31ClFN7/c1-23(2)10-17(11-24(3,4)33(23)6)29-21-20(26)13-27-22(31-21)30-16-7-8-18(19(25)9-16)15-12-28-32(5)14-15/h7-9,12-14,17H,10-11H2,1-6H3,(H2,27,29,30,31). The van der Waals surface area contributed by atoms with E-state index in [-0.39, 0.29) is 22.9 Å². The zero-order valence-corrected chi connectivity index (χ0v) is 20.7. The quantitative estimate of drug-likeness (QED) is 0.513. The van der Waals surface area contributed by atoms with Gasteiger partial charge in [-0.1, -0.05) is 17.7 Å². The van der Waals surface area contributed by atoms with Gasteiger partial charge in [-0.15, -0.1) is 0 Å². The molecule has 2 aromatic heterocycles. The molecule has 0 radical (unpaired) electrons. The van der Waals surface area contributed by atoms with Crippen LogP contribution in [0.3, 0.4) is 0 Å². The van der Waals surface area contributed by atoms with Crippen LogP contribution >= 0.6 is 11.6 Å². The minimum atomic E-state index is -0.472. The summed E-state index contributed by atoms with van der Waals surface area (Å²) in [6.45, 7) is 8.85. The first kappa shape index (κ1) is 23.4. The lowest BCUT2D eigenvalue weighted by atomic mass is 9.77. The lowest BCUT2D eigenvalue weighted by molar-refractivity contribution is -0.00778. The van der Waals surface area contributed by atoms with Crippen molar-refractivity contribution >= 4 is 29.1 Å². The van der Waals surface area contributed by atoms with Crippen molar-refractivity contribution in [2.45, 2.75) is 57.7 Å². The molecule has 3 heterocycles. The van der Waals surface area contributed by atoms with E-state index in [0.717, 1.165) is 24.0 Å². The van der Waals surface area contributed by atoms with Crippen LogP contribution in [0, 0.1) is 5.82 Å². The van der Waals surface area contributed by atoms with Gasteiger partial charge in [-0.05, 0) is 59.7 Å². The Labute approximate surface area is 199 Å². The smallest absolute Gasteiger partial charge is 0.229 e. The highest BCUT2D eigenvalue weighted by atomic mass is 35.5.